The second kappa shape index (κ2) is 7.95. The number of aliphatic carboxylic acids is 1. The molecule has 0 aromatic carbocycles. The smallest absolute Gasteiger partial charge is 0.303 e. The van der Waals surface area contributed by atoms with Gasteiger partial charge in [0.15, 0.2) is 0 Å². The van der Waals surface area contributed by atoms with Gasteiger partial charge in [-0.05, 0) is 51.0 Å². The fourth-order valence-electron chi connectivity index (χ4n) is 3.49. The summed E-state index contributed by atoms with van der Waals surface area (Å²) in [5.41, 5.74) is 0. The lowest BCUT2D eigenvalue weighted by atomic mass is 9.80. The summed E-state index contributed by atoms with van der Waals surface area (Å²) in [6.45, 7) is 0. The molecule has 3 rings (SSSR count). The minimum Gasteiger partial charge on any atom is -0.481 e. The SMILES string of the molecule is CN1SNC(c2ncc(C3CCC(CC(=O)O)CC3)s2)CC1C=O. The van der Waals surface area contributed by atoms with Crippen molar-refractivity contribution in [1.82, 2.24) is 14.0 Å². The maximum Gasteiger partial charge on any atom is 0.303 e. The lowest BCUT2D eigenvalue weighted by molar-refractivity contribution is -0.138. The quantitative estimate of drug-likeness (QED) is 0.610. The molecular formula is C16H23N3O3S2. The van der Waals surface area contributed by atoms with Gasteiger partial charge < -0.3 is 9.90 Å². The highest BCUT2D eigenvalue weighted by Gasteiger charge is 2.30. The fraction of sp³-hybridized carbons (Fsp3) is 0.688. The van der Waals surface area contributed by atoms with Gasteiger partial charge in [0.2, 0.25) is 0 Å². The molecule has 132 valence electrons. The first-order valence-electron chi connectivity index (χ1n) is 8.34. The maximum absolute atomic E-state index is 11.2. The van der Waals surface area contributed by atoms with Crippen molar-refractivity contribution in [1.29, 1.82) is 0 Å². The highest BCUT2D eigenvalue weighted by Crippen LogP contribution is 2.41. The Morgan fingerprint density at radius 3 is 2.88 bits per heavy atom. The Morgan fingerprint density at radius 1 is 1.46 bits per heavy atom. The van der Waals surface area contributed by atoms with Crippen molar-refractivity contribution >= 4 is 35.7 Å². The summed E-state index contributed by atoms with van der Waals surface area (Å²) in [5, 5.41) is 9.96. The molecule has 2 aliphatic rings. The summed E-state index contributed by atoms with van der Waals surface area (Å²) in [5.74, 6) is 0.141. The molecule has 1 saturated heterocycles. The average molecular weight is 370 g/mol. The molecule has 1 aliphatic heterocycles. The van der Waals surface area contributed by atoms with Crippen LogP contribution in [0, 0.1) is 5.92 Å². The monoisotopic (exact) mass is 369 g/mol. The summed E-state index contributed by atoms with van der Waals surface area (Å²) in [6, 6.07) is 0.0311. The molecule has 24 heavy (non-hydrogen) atoms. The predicted molar refractivity (Wildman–Crippen MR) is 94.8 cm³/mol. The van der Waals surface area contributed by atoms with E-state index in [0.717, 1.165) is 43.4 Å². The predicted octanol–water partition coefficient (Wildman–Crippen LogP) is 2.99. The summed E-state index contributed by atoms with van der Waals surface area (Å²) in [4.78, 5) is 27.9. The highest BCUT2D eigenvalue weighted by molar-refractivity contribution is 7.95. The van der Waals surface area contributed by atoms with Crippen molar-refractivity contribution in [3.8, 4) is 0 Å². The van der Waals surface area contributed by atoms with Crippen molar-refractivity contribution in [3.05, 3.63) is 16.1 Å². The third-order valence-corrected chi connectivity index (χ3v) is 7.21. The van der Waals surface area contributed by atoms with E-state index in [1.54, 1.807) is 11.3 Å². The van der Waals surface area contributed by atoms with E-state index in [1.165, 1.54) is 17.0 Å². The lowest BCUT2D eigenvalue weighted by Crippen LogP contribution is -2.39. The number of carbonyl (C=O) groups excluding carboxylic acids is 1. The van der Waals surface area contributed by atoms with Crippen molar-refractivity contribution in [2.45, 2.75) is 56.5 Å². The average Bonchev–Trinajstić information content (AvgIpc) is 3.05. The zero-order valence-electron chi connectivity index (χ0n) is 13.7. The van der Waals surface area contributed by atoms with Crippen molar-refractivity contribution in [3.63, 3.8) is 0 Å². The van der Waals surface area contributed by atoms with Gasteiger partial charge in [0.1, 0.15) is 11.3 Å². The molecule has 1 aromatic heterocycles. The molecule has 1 saturated carbocycles. The van der Waals surface area contributed by atoms with Crippen LogP contribution < -0.4 is 4.72 Å². The van der Waals surface area contributed by atoms with Crippen LogP contribution in [0.3, 0.4) is 0 Å². The van der Waals surface area contributed by atoms with Gasteiger partial charge >= 0.3 is 5.97 Å². The first-order chi connectivity index (χ1) is 11.6. The number of carboxylic acids is 1. The summed E-state index contributed by atoms with van der Waals surface area (Å²) in [6.07, 6.45) is 8.08. The van der Waals surface area contributed by atoms with Crippen molar-refractivity contribution < 1.29 is 14.7 Å². The molecule has 2 heterocycles. The van der Waals surface area contributed by atoms with Gasteiger partial charge in [0.05, 0.1) is 12.1 Å². The Kier molecular flexibility index (Phi) is 5.91. The zero-order valence-corrected chi connectivity index (χ0v) is 15.3. The van der Waals surface area contributed by atoms with Crippen LogP contribution in [-0.4, -0.2) is 39.7 Å². The van der Waals surface area contributed by atoms with Crippen LogP contribution in [0.4, 0.5) is 0 Å². The Morgan fingerprint density at radius 2 is 2.21 bits per heavy atom. The van der Waals surface area contributed by atoms with E-state index in [0.29, 0.717) is 18.3 Å². The van der Waals surface area contributed by atoms with Gasteiger partial charge in [-0.15, -0.1) is 11.3 Å². The summed E-state index contributed by atoms with van der Waals surface area (Å²) >= 11 is 3.20. The molecule has 2 N–H and O–H groups in total. The Balaban J connectivity index is 1.58. The summed E-state index contributed by atoms with van der Waals surface area (Å²) in [7, 11) is 1.91. The first-order valence-corrected chi connectivity index (χ1v) is 9.93. The second-order valence-electron chi connectivity index (χ2n) is 6.66. The minimum absolute atomic E-state index is 0.0833. The molecule has 1 aromatic rings. The molecule has 0 radical (unpaired) electrons. The van der Waals surface area contributed by atoms with E-state index in [4.69, 9.17) is 5.11 Å². The second-order valence-corrected chi connectivity index (χ2v) is 8.75. The topological polar surface area (TPSA) is 82.5 Å². The number of likely N-dealkylation sites (N-methyl/N-ethyl adjacent to an activating group) is 1. The van der Waals surface area contributed by atoms with Gasteiger partial charge in [0, 0.05) is 29.6 Å². The Bertz CT molecular complexity index is 587. The van der Waals surface area contributed by atoms with E-state index in [-0.39, 0.29) is 12.1 Å². The first kappa shape index (κ1) is 17.8. The van der Waals surface area contributed by atoms with Crippen LogP contribution in [0.2, 0.25) is 0 Å². The molecule has 6 nitrogen and oxygen atoms in total. The number of nitrogens with one attached hydrogen (secondary N) is 1. The normalized spacial score (nSPS) is 31.7. The molecule has 8 heteroatoms. The number of carbonyl (C=O) groups is 2. The molecule has 0 bridgehead atoms. The van der Waals surface area contributed by atoms with Gasteiger partial charge in [-0.1, -0.05) is 0 Å². The number of hydrogen-bond acceptors (Lipinski definition) is 7. The molecule has 2 unspecified atom stereocenters. The lowest BCUT2D eigenvalue weighted by Gasteiger charge is -2.32. The Labute approximate surface area is 150 Å². The number of nitrogens with zero attached hydrogens (tertiary/aromatic N) is 2. The molecule has 1 aliphatic carbocycles. The van der Waals surface area contributed by atoms with Crippen LogP contribution in [0.25, 0.3) is 0 Å². The molecule has 2 atom stereocenters. The number of thiazole rings is 1. The number of aldehydes is 1. The summed E-state index contributed by atoms with van der Waals surface area (Å²) < 4.78 is 5.29. The van der Waals surface area contributed by atoms with Gasteiger partial charge in [0.25, 0.3) is 0 Å². The van der Waals surface area contributed by atoms with Crippen LogP contribution in [0.5, 0.6) is 0 Å². The van der Waals surface area contributed by atoms with E-state index >= 15 is 0 Å². The fourth-order valence-corrected chi connectivity index (χ4v) is 5.49. The molecular weight excluding hydrogens is 346 g/mol. The van der Waals surface area contributed by atoms with Crippen molar-refractivity contribution in [2.24, 2.45) is 5.92 Å². The molecule has 0 amide bonds. The Hall–Kier alpha value is -0.960. The van der Waals surface area contributed by atoms with E-state index in [1.807, 2.05) is 17.5 Å². The van der Waals surface area contributed by atoms with Gasteiger partial charge in [-0.2, -0.15) is 0 Å². The number of hydrogen-bond donors (Lipinski definition) is 2. The van der Waals surface area contributed by atoms with E-state index < -0.39 is 5.97 Å². The zero-order chi connectivity index (χ0) is 17.1. The largest absolute Gasteiger partial charge is 0.481 e. The minimum atomic E-state index is -0.686. The van der Waals surface area contributed by atoms with E-state index in [2.05, 4.69) is 9.71 Å². The number of rotatable bonds is 5. The molecule has 2 fully saturated rings. The maximum atomic E-state index is 11.2. The standard InChI is InChI=1S/C16H23N3O3S2/c1-19-12(9-20)7-13(18-24-19)16-17-8-14(23-16)11-4-2-10(3-5-11)6-15(21)22/h8-13,18H,2-7H2,1H3,(H,21,22). The third-order valence-electron chi connectivity index (χ3n) is 4.99. The number of carboxylic acid groups (broad SMARTS) is 1. The number of aromatic nitrogens is 1. The van der Waals surface area contributed by atoms with Crippen LogP contribution in [0.1, 0.15) is 60.4 Å². The van der Waals surface area contributed by atoms with Crippen LogP contribution >= 0.6 is 23.5 Å². The third kappa shape index (κ3) is 4.17. The van der Waals surface area contributed by atoms with Gasteiger partial charge in [-0.3, -0.25) is 4.79 Å². The van der Waals surface area contributed by atoms with Crippen LogP contribution in [0.15, 0.2) is 6.20 Å². The van der Waals surface area contributed by atoms with Crippen molar-refractivity contribution in [2.75, 3.05) is 7.05 Å². The van der Waals surface area contributed by atoms with Crippen LogP contribution in [-0.2, 0) is 9.59 Å². The highest BCUT2D eigenvalue weighted by atomic mass is 32.2. The van der Waals surface area contributed by atoms with E-state index in [9.17, 15) is 9.59 Å². The molecule has 0 spiro atoms. The van der Waals surface area contributed by atoms with Gasteiger partial charge in [-0.25, -0.2) is 14.0 Å².